The smallest absolute Gasteiger partial charge is 0.0352 e. The summed E-state index contributed by atoms with van der Waals surface area (Å²) in [5, 5.41) is 0. The average molecular weight is 406 g/mol. The molecule has 0 saturated carbocycles. The summed E-state index contributed by atoms with van der Waals surface area (Å²) >= 11 is 3.40. The largest absolute Gasteiger partial charge is 0.322 e. The van der Waals surface area contributed by atoms with Gasteiger partial charge in [-0.1, -0.05) is 93.9 Å². The van der Waals surface area contributed by atoms with Gasteiger partial charge in [0, 0.05) is 10.0 Å². The molecule has 0 aliphatic rings. The van der Waals surface area contributed by atoms with Crippen LogP contribution >= 0.6 is 15.9 Å². The van der Waals surface area contributed by atoms with Crippen molar-refractivity contribution in [2.75, 3.05) is 0 Å². The zero-order chi connectivity index (χ0) is 19.7. The summed E-state index contributed by atoms with van der Waals surface area (Å²) in [6.07, 6.45) is 1.13. The molecule has 0 unspecified atom stereocenters. The van der Waals surface area contributed by atoms with Crippen LogP contribution in [0.25, 0.3) is 0 Å². The standard InChI is InChI=1S/C12H18.C9H12BrN.C2H6/c1-5-10-7-6-8-11(9-10)12(2,3)4;1-9(2,11)7-4-3-5-8(10)6-7;1-2/h6-9H,5H2,1-4H3;3-6H,11H2,1-2H3;1-2H3. The molecule has 0 spiro atoms. The molecule has 140 valence electrons. The normalized spacial score (nSPS) is 11.0. The van der Waals surface area contributed by atoms with E-state index in [1.54, 1.807) is 0 Å². The Hall–Kier alpha value is -1.12. The molecule has 0 amide bonds. The van der Waals surface area contributed by atoms with Crippen molar-refractivity contribution in [3.8, 4) is 0 Å². The molecule has 0 heterocycles. The molecule has 2 rings (SSSR count). The quantitative estimate of drug-likeness (QED) is 0.560. The summed E-state index contributed by atoms with van der Waals surface area (Å²) < 4.78 is 1.08. The first-order chi connectivity index (χ1) is 11.5. The molecule has 2 aromatic rings. The SMILES string of the molecule is CC.CC(C)(N)c1cccc(Br)c1.CCc1cccc(C(C)(C)C)c1. The Balaban J connectivity index is 0.000000421. The summed E-state index contributed by atoms with van der Waals surface area (Å²) in [5.41, 5.74) is 9.95. The van der Waals surface area contributed by atoms with Gasteiger partial charge in [0.15, 0.2) is 0 Å². The van der Waals surface area contributed by atoms with Gasteiger partial charge in [0.1, 0.15) is 0 Å². The van der Waals surface area contributed by atoms with E-state index in [1.807, 2.05) is 52.0 Å². The van der Waals surface area contributed by atoms with E-state index in [4.69, 9.17) is 5.73 Å². The Morgan fingerprint density at radius 3 is 1.76 bits per heavy atom. The molecule has 0 aliphatic carbocycles. The van der Waals surface area contributed by atoms with Crippen LogP contribution in [0.2, 0.25) is 0 Å². The number of aryl methyl sites for hydroxylation is 1. The van der Waals surface area contributed by atoms with Gasteiger partial charge >= 0.3 is 0 Å². The molecular formula is C23H36BrN. The van der Waals surface area contributed by atoms with Gasteiger partial charge in [0.25, 0.3) is 0 Å². The number of hydrogen-bond acceptors (Lipinski definition) is 1. The van der Waals surface area contributed by atoms with Crippen molar-refractivity contribution in [2.24, 2.45) is 5.73 Å². The van der Waals surface area contributed by atoms with Crippen molar-refractivity contribution in [3.63, 3.8) is 0 Å². The second-order valence-electron chi connectivity index (χ2n) is 7.54. The average Bonchev–Trinajstić information content (AvgIpc) is 2.56. The number of rotatable bonds is 2. The summed E-state index contributed by atoms with van der Waals surface area (Å²) in [5.74, 6) is 0. The molecule has 0 fully saturated rings. The van der Waals surface area contributed by atoms with Crippen LogP contribution in [0.15, 0.2) is 53.0 Å². The fourth-order valence-corrected chi connectivity index (χ4v) is 2.55. The first-order valence-corrected chi connectivity index (χ1v) is 9.97. The van der Waals surface area contributed by atoms with Crippen LogP contribution in [0.5, 0.6) is 0 Å². The van der Waals surface area contributed by atoms with Crippen LogP contribution in [0.3, 0.4) is 0 Å². The summed E-state index contributed by atoms with van der Waals surface area (Å²) in [7, 11) is 0. The second-order valence-corrected chi connectivity index (χ2v) is 8.45. The first kappa shape index (κ1) is 23.9. The molecule has 2 N–H and O–H groups in total. The van der Waals surface area contributed by atoms with E-state index in [-0.39, 0.29) is 11.0 Å². The highest BCUT2D eigenvalue weighted by Crippen LogP contribution is 2.23. The van der Waals surface area contributed by atoms with Crippen molar-refractivity contribution in [2.45, 2.75) is 72.8 Å². The zero-order valence-corrected chi connectivity index (χ0v) is 18.9. The third kappa shape index (κ3) is 9.23. The molecule has 0 saturated heterocycles. The summed E-state index contributed by atoms with van der Waals surface area (Å²) in [4.78, 5) is 0. The highest BCUT2D eigenvalue weighted by Gasteiger charge is 2.13. The molecule has 2 heteroatoms. The summed E-state index contributed by atoms with van der Waals surface area (Å²) in [6.45, 7) is 16.9. The molecule has 1 nitrogen and oxygen atoms in total. The fraction of sp³-hybridized carbons (Fsp3) is 0.478. The van der Waals surface area contributed by atoms with Gasteiger partial charge in [0.05, 0.1) is 0 Å². The summed E-state index contributed by atoms with van der Waals surface area (Å²) in [6, 6.07) is 16.9. The van der Waals surface area contributed by atoms with E-state index in [2.05, 4.69) is 67.9 Å². The molecule has 0 aliphatic heterocycles. The maximum absolute atomic E-state index is 5.90. The van der Waals surface area contributed by atoms with E-state index in [9.17, 15) is 0 Å². The lowest BCUT2D eigenvalue weighted by Gasteiger charge is -2.19. The number of benzene rings is 2. The molecule has 25 heavy (non-hydrogen) atoms. The van der Waals surface area contributed by atoms with E-state index >= 15 is 0 Å². The van der Waals surface area contributed by atoms with Gasteiger partial charge in [-0.25, -0.2) is 0 Å². The third-order valence-corrected chi connectivity index (χ3v) is 4.26. The lowest BCUT2D eigenvalue weighted by atomic mass is 9.86. The molecule has 0 aromatic heterocycles. The Labute approximate surface area is 164 Å². The predicted molar refractivity (Wildman–Crippen MR) is 117 cm³/mol. The van der Waals surface area contributed by atoms with Gasteiger partial charge in [-0.2, -0.15) is 0 Å². The Morgan fingerprint density at radius 2 is 1.36 bits per heavy atom. The van der Waals surface area contributed by atoms with Crippen LogP contribution < -0.4 is 5.73 Å². The van der Waals surface area contributed by atoms with Crippen molar-refractivity contribution < 1.29 is 0 Å². The van der Waals surface area contributed by atoms with Crippen LogP contribution in [0, 0.1) is 0 Å². The Kier molecular flexibility index (Phi) is 10.3. The van der Waals surface area contributed by atoms with Gasteiger partial charge in [-0.3, -0.25) is 0 Å². The minimum Gasteiger partial charge on any atom is -0.322 e. The van der Waals surface area contributed by atoms with Crippen molar-refractivity contribution in [1.82, 2.24) is 0 Å². The third-order valence-electron chi connectivity index (χ3n) is 3.77. The van der Waals surface area contributed by atoms with Crippen LogP contribution in [0.1, 0.15) is 72.1 Å². The molecule has 0 radical (unpaired) electrons. The monoisotopic (exact) mass is 405 g/mol. The second kappa shape index (κ2) is 10.8. The zero-order valence-electron chi connectivity index (χ0n) is 17.3. The van der Waals surface area contributed by atoms with Gasteiger partial charge in [-0.15, -0.1) is 0 Å². The van der Waals surface area contributed by atoms with Gasteiger partial charge in [-0.05, 0) is 54.5 Å². The lowest BCUT2D eigenvalue weighted by Crippen LogP contribution is -2.28. The Morgan fingerprint density at radius 1 is 0.840 bits per heavy atom. The maximum atomic E-state index is 5.90. The number of hydrogen-bond donors (Lipinski definition) is 1. The Bertz CT molecular complexity index is 618. The number of nitrogens with two attached hydrogens (primary N) is 1. The molecule has 2 aromatic carbocycles. The van der Waals surface area contributed by atoms with E-state index in [0.717, 1.165) is 16.5 Å². The van der Waals surface area contributed by atoms with E-state index in [0.29, 0.717) is 0 Å². The topological polar surface area (TPSA) is 26.0 Å². The van der Waals surface area contributed by atoms with Crippen molar-refractivity contribution >= 4 is 15.9 Å². The highest BCUT2D eigenvalue weighted by molar-refractivity contribution is 9.10. The van der Waals surface area contributed by atoms with Crippen LogP contribution in [-0.2, 0) is 17.4 Å². The highest BCUT2D eigenvalue weighted by atomic mass is 79.9. The van der Waals surface area contributed by atoms with Crippen molar-refractivity contribution in [1.29, 1.82) is 0 Å². The van der Waals surface area contributed by atoms with Crippen LogP contribution in [0.4, 0.5) is 0 Å². The minimum absolute atomic E-state index is 0.246. The fourth-order valence-electron chi connectivity index (χ4n) is 2.15. The number of halogens is 1. The van der Waals surface area contributed by atoms with Gasteiger partial charge in [0.2, 0.25) is 0 Å². The minimum atomic E-state index is -0.246. The lowest BCUT2D eigenvalue weighted by molar-refractivity contribution is 0.554. The van der Waals surface area contributed by atoms with Crippen molar-refractivity contribution in [3.05, 3.63) is 69.7 Å². The van der Waals surface area contributed by atoms with E-state index < -0.39 is 0 Å². The molecule has 0 atom stereocenters. The predicted octanol–water partition coefficient (Wildman–Crippen LogP) is 7.22. The molecular weight excluding hydrogens is 370 g/mol. The van der Waals surface area contributed by atoms with Crippen LogP contribution in [-0.4, -0.2) is 0 Å². The van der Waals surface area contributed by atoms with Gasteiger partial charge < -0.3 is 5.73 Å². The van der Waals surface area contributed by atoms with E-state index in [1.165, 1.54) is 11.1 Å². The first-order valence-electron chi connectivity index (χ1n) is 9.18. The maximum Gasteiger partial charge on any atom is 0.0352 e. The molecule has 0 bridgehead atoms.